The Morgan fingerprint density at radius 2 is 1.29 bits per heavy atom. The minimum absolute atomic E-state index is 0. The van der Waals surface area contributed by atoms with Gasteiger partial charge >= 0.3 is 0 Å². The van der Waals surface area contributed by atoms with Crippen molar-refractivity contribution in [1.29, 1.82) is 0 Å². The van der Waals surface area contributed by atoms with E-state index in [9.17, 15) is 0 Å². The Labute approximate surface area is 149 Å². The van der Waals surface area contributed by atoms with E-state index in [0.29, 0.717) is 18.4 Å². The number of hydrogen-bond acceptors (Lipinski definition) is 2. The van der Waals surface area contributed by atoms with Gasteiger partial charge in [0.2, 0.25) is 0 Å². The average Bonchev–Trinajstić information content (AvgIpc) is 3.44. The molecule has 4 rings (SSSR count). The Balaban J connectivity index is 0.000000167. The van der Waals surface area contributed by atoms with Crippen LogP contribution < -0.4 is 0 Å². The van der Waals surface area contributed by atoms with Crippen LogP contribution >= 0.6 is 12.4 Å². The van der Waals surface area contributed by atoms with Crippen LogP contribution in [-0.4, -0.2) is 16.7 Å². The summed E-state index contributed by atoms with van der Waals surface area (Å²) in [6.07, 6.45) is 4.75. The molecule has 1 heterocycles. The van der Waals surface area contributed by atoms with Crippen molar-refractivity contribution >= 4 is 12.4 Å². The van der Waals surface area contributed by atoms with Gasteiger partial charge in [0.15, 0.2) is 0 Å². The van der Waals surface area contributed by atoms with E-state index in [4.69, 9.17) is 5.11 Å². The van der Waals surface area contributed by atoms with E-state index >= 15 is 0 Å². The summed E-state index contributed by atoms with van der Waals surface area (Å²) < 4.78 is 0. The lowest BCUT2D eigenvalue weighted by Crippen LogP contribution is -1.88. The molecule has 2 nitrogen and oxygen atoms in total. The Morgan fingerprint density at radius 3 is 1.71 bits per heavy atom. The summed E-state index contributed by atoms with van der Waals surface area (Å²) in [7, 11) is 0. The lowest BCUT2D eigenvalue weighted by Gasteiger charge is -1.98. The van der Waals surface area contributed by atoms with E-state index in [2.05, 4.69) is 53.5 Å². The van der Waals surface area contributed by atoms with Crippen LogP contribution in [0.1, 0.15) is 17.9 Å². The predicted molar refractivity (Wildman–Crippen MR) is 101 cm³/mol. The van der Waals surface area contributed by atoms with E-state index in [1.165, 1.54) is 16.7 Å². The fraction of sp³-hybridized carbons (Fsp3) is 0.190. The first-order chi connectivity index (χ1) is 11.4. The highest BCUT2D eigenvalue weighted by Crippen LogP contribution is 2.46. The molecule has 2 unspecified atom stereocenters. The van der Waals surface area contributed by atoms with Crippen LogP contribution in [0.15, 0.2) is 85.2 Å². The quantitative estimate of drug-likeness (QED) is 0.732. The summed E-state index contributed by atoms with van der Waals surface area (Å²) in [5, 5.41) is 8.82. The van der Waals surface area contributed by atoms with Crippen molar-refractivity contribution in [1.82, 2.24) is 4.98 Å². The summed E-state index contributed by atoms with van der Waals surface area (Å²) in [5.74, 6) is 1.11. The Bertz CT molecular complexity index is 666. The average molecular weight is 340 g/mol. The highest BCUT2D eigenvalue weighted by molar-refractivity contribution is 5.85. The lowest BCUT2D eigenvalue weighted by molar-refractivity contribution is 0.274. The number of nitrogens with zero attached hydrogens (tertiary/aromatic N) is 1. The molecule has 1 N–H and O–H groups in total. The van der Waals surface area contributed by atoms with E-state index < -0.39 is 0 Å². The van der Waals surface area contributed by atoms with Crippen molar-refractivity contribution < 1.29 is 5.11 Å². The van der Waals surface area contributed by atoms with Gasteiger partial charge in [0.05, 0.1) is 0 Å². The zero-order valence-electron chi connectivity index (χ0n) is 13.5. The van der Waals surface area contributed by atoms with Gasteiger partial charge in [0.25, 0.3) is 0 Å². The van der Waals surface area contributed by atoms with E-state index in [0.717, 1.165) is 6.42 Å². The summed E-state index contributed by atoms with van der Waals surface area (Å²) in [6.45, 7) is 0.326. The molecule has 24 heavy (non-hydrogen) atoms. The normalized spacial score (nSPS) is 17.9. The zero-order chi connectivity index (χ0) is 15.9. The molecule has 2 aromatic carbocycles. The molecule has 0 saturated heterocycles. The van der Waals surface area contributed by atoms with Gasteiger partial charge in [-0.25, -0.2) is 0 Å². The van der Waals surface area contributed by atoms with Crippen molar-refractivity contribution in [2.75, 3.05) is 6.61 Å². The van der Waals surface area contributed by atoms with Crippen LogP contribution in [0.25, 0.3) is 11.1 Å². The van der Waals surface area contributed by atoms with Gasteiger partial charge in [0, 0.05) is 19.0 Å². The third kappa shape index (κ3) is 4.92. The number of aliphatic hydroxyl groups is 1. The molecular weight excluding hydrogens is 318 g/mol. The lowest BCUT2D eigenvalue weighted by atomic mass is 10.1. The van der Waals surface area contributed by atoms with E-state index in [1.54, 1.807) is 0 Å². The third-order valence-electron chi connectivity index (χ3n) is 4.17. The highest BCUT2D eigenvalue weighted by atomic mass is 35.5. The molecule has 0 amide bonds. The van der Waals surface area contributed by atoms with Crippen LogP contribution in [0.2, 0.25) is 0 Å². The topological polar surface area (TPSA) is 33.1 Å². The maximum absolute atomic E-state index is 8.82. The number of aliphatic hydroxyl groups excluding tert-OH is 1. The molecule has 124 valence electrons. The summed E-state index contributed by atoms with van der Waals surface area (Å²) in [4.78, 5) is 3.94. The standard InChI is InChI=1S/C12H10.C9H11NO.ClH/c1-3-7-11(8-4-1)12-9-5-2-6-10-12;11-6-8-5-9(8)7-1-3-10-4-2-7;/h1-10H;1-4,8-9,11H,5-6H2;1H. The monoisotopic (exact) mass is 339 g/mol. The molecule has 1 fully saturated rings. The Morgan fingerprint density at radius 1 is 0.792 bits per heavy atom. The number of benzene rings is 2. The van der Waals surface area contributed by atoms with E-state index in [1.807, 2.05) is 36.7 Å². The van der Waals surface area contributed by atoms with Crippen LogP contribution in [0.5, 0.6) is 0 Å². The number of halogens is 1. The molecule has 1 aliphatic rings. The van der Waals surface area contributed by atoms with Gasteiger partial charge in [-0.2, -0.15) is 0 Å². The summed E-state index contributed by atoms with van der Waals surface area (Å²) >= 11 is 0. The molecular formula is C21H22ClNO. The predicted octanol–water partition coefficient (Wildman–Crippen LogP) is 4.95. The van der Waals surface area contributed by atoms with Crippen LogP contribution in [0, 0.1) is 5.92 Å². The van der Waals surface area contributed by atoms with Gasteiger partial charge in [-0.05, 0) is 47.1 Å². The highest BCUT2D eigenvalue weighted by Gasteiger charge is 2.37. The molecule has 3 heteroatoms. The molecule has 3 aromatic rings. The van der Waals surface area contributed by atoms with Crippen LogP contribution in [0.3, 0.4) is 0 Å². The number of hydrogen-bond donors (Lipinski definition) is 1. The van der Waals surface area contributed by atoms with Gasteiger partial charge in [0.1, 0.15) is 0 Å². The molecule has 0 radical (unpaired) electrons. The summed E-state index contributed by atoms with van der Waals surface area (Å²) in [5.41, 5.74) is 3.87. The maximum Gasteiger partial charge on any atom is 0.0465 e. The Kier molecular flexibility index (Phi) is 6.98. The maximum atomic E-state index is 8.82. The minimum atomic E-state index is 0. The largest absolute Gasteiger partial charge is 0.396 e. The second-order valence-corrected chi connectivity index (χ2v) is 5.80. The molecule has 1 saturated carbocycles. The van der Waals surface area contributed by atoms with Crippen molar-refractivity contribution in [3.05, 3.63) is 90.8 Å². The SMILES string of the molecule is Cl.OCC1CC1c1ccncc1.c1ccc(-c2ccccc2)cc1. The number of pyridine rings is 1. The van der Waals surface area contributed by atoms with Gasteiger partial charge in [-0.1, -0.05) is 60.7 Å². The second kappa shape index (κ2) is 9.21. The first kappa shape index (κ1) is 18.2. The third-order valence-corrected chi connectivity index (χ3v) is 4.17. The van der Waals surface area contributed by atoms with Crippen molar-refractivity contribution in [2.45, 2.75) is 12.3 Å². The molecule has 1 aromatic heterocycles. The van der Waals surface area contributed by atoms with Crippen LogP contribution in [0.4, 0.5) is 0 Å². The fourth-order valence-electron chi connectivity index (χ4n) is 2.73. The van der Waals surface area contributed by atoms with E-state index in [-0.39, 0.29) is 12.4 Å². The number of aromatic nitrogens is 1. The molecule has 0 bridgehead atoms. The first-order valence-corrected chi connectivity index (χ1v) is 7.99. The molecule has 0 aliphatic heterocycles. The second-order valence-electron chi connectivity index (χ2n) is 5.80. The van der Waals surface area contributed by atoms with Gasteiger partial charge < -0.3 is 5.11 Å². The minimum Gasteiger partial charge on any atom is -0.396 e. The summed E-state index contributed by atoms with van der Waals surface area (Å²) in [6, 6.07) is 24.8. The first-order valence-electron chi connectivity index (χ1n) is 7.99. The van der Waals surface area contributed by atoms with Crippen LogP contribution in [-0.2, 0) is 0 Å². The Hall–Kier alpha value is -2.16. The van der Waals surface area contributed by atoms with Crippen molar-refractivity contribution in [3.8, 4) is 11.1 Å². The van der Waals surface area contributed by atoms with Gasteiger partial charge in [-0.3, -0.25) is 4.98 Å². The number of rotatable bonds is 3. The smallest absolute Gasteiger partial charge is 0.0465 e. The molecule has 1 aliphatic carbocycles. The van der Waals surface area contributed by atoms with Gasteiger partial charge in [-0.15, -0.1) is 12.4 Å². The zero-order valence-corrected chi connectivity index (χ0v) is 14.3. The molecule has 2 atom stereocenters. The van der Waals surface area contributed by atoms with Crippen molar-refractivity contribution in [3.63, 3.8) is 0 Å². The molecule has 0 spiro atoms. The van der Waals surface area contributed by atoms with Crippen molar-refractivity contribution in [2.24, 2.45) is 5.92 Å². The fourth-order valence-corrected chi connectivity index (χ4v) is 2.73.